The molecule has 0 saturated carbocycles. The van der Waals surface area contributed by atoms with Crippen LogP contribution in [0, 0.1) is 0 Å². The zero-order valence-corrected chi connectivity index (χ0v) is 10.4. The lowest BCUT2D eigenvalue weighted by molar-refractivity contribution is -0.123. The molecule has 5 nitrogen and oxygen atoms in total. The van der Waals surface area contributed by atoms with Gasteiger partial charge in [-0.15, -0.1) is 0 Å². The predicted octanol–water partition coefficient (Wildman–Crippen LogP) is 1.36. The van der Waals surface area contributed by atoms with E-state index in [1.54, 1.807) is 18.7 Å². The molecule has 0 bridgehead atoms. The van der Waals surface area contributed by atoms with Crippen molar-refractivity contribution in [3.8, 4) is 0 Å². The summed E-state index contributed by atoms with van der Waals surface area (Å²) in [7, 11) is 0. The number of carbonyl (C=O) groups excluding carboxylic acids is 2. The van der Waals surface area contributed by atoms with Gasteiger partial charge in [0.25, 0.3) is 0 Å². The Hall–Kier alpha value is -1.10. The average molecular weight is 241 g/mol. The van der Waals surface area contributed by atoms with Gasteiger partial charge in [0.1, 0.15) is 6.10 Å². The van der Waals surface area contributed by atoms with Crippen molar-refractivity contribution in [1.82, 2.24) is 4.90 Å². The molecule has 0 aromatic heterocycles. The van der Waals surface area contributed by atoms with Gasteiger partial charge < -0.3 is 14.4 Å². The summed E-state index contributed by atoms with van der Waals surface area (Å²) in [6.07, 6.45) is 1.39. The van der Waals surface area contributed by atoms with Crippen molar-refractivity contribution in [3.05, 3.63) is 0 Å². The molecule has 2 rings (SSSR count). The molecule has 0 radical (unpaired) electrons. The van der Waals surface area contributed by atoms with Gasteiger partial charge in [-0.05, 0) is 26.7 Å². The summed E-state index contributed by atoms with van der Waals surface area (Å²) in [4.78, 5) is 24.7. The standard InChI is InChI=1S/C12H19NO4/c1-3-16-11(15)13-6-4-12(5-7-13)8-10(14)9(2)17-12/h9H,3-8H2,1-2H3/t9-/m1/s1. The maximum absolute atomic E-state index is 11.5. The topological polar surface area (TPSA) is 55.8 Å². The minimum Gasteiger partial charge on any atom is -0.450 e. The van der Waals surface area contributed by atoms with Crippen LogP contribution in [-0.4, -0.2) is 48.2 Å². The number of rotatable bonds is 1. The first kappa shape index (κ1) is 12.4. The van der Waals surface area contributed by atoms with Gasteiger partial charge in [0.15, 0.2) is 5.78 Å². The molecule has 2 aliphatic heterocycles. The maximum atomic E-state index is 11.5. The summed E-state index contributed by atoms with van der Waals surface area (Å²) in [5.74, 6) is 0.176. The Labute approximate surface area is 101 Å². The molecule has 1 atom stereocenters. The van der Waals surface area contributed by atoms with Gasteiger partial charge in [-0.25, -0.2) is 4.79 Å². The first-order chi connectivity index (χ1) is 8.06. The number of hydrogen-bond acceptors (Lipinski definition) is 4. The van der Waals surface area contributed by atoms with Crippen LogP contribution in [0.3, 0.4) is 0 Å². The molecular weight excluding hydrogens is 222 g/mol. The highest BCUT2D eigenvalue weighted by molar-refractivity contribution is 5.85. The van der Waals surface area contributed by atoms with E-state index in [4.69, 9.17) is 9.47 Å². The average Bonchev–Trinajstić information content (AvgIpc) is 2.55. The molecule has 0 aliphatic carbocycles. The van der Waals surface area contributed by atoms with E-state index < -0.39 is 0 Å². The third kappa shape index (κ3) is 2.44. The molecule has 2 saturated heterocycles. The van der Waals surface area contributed by atoms with E-state index in [-0.39, 0.29) is 23.6 Å². The third-order valence-corrected chi connectivity index (χ3v) is 3.58. The van der Waals surface area contributed by atoms with E-state index in [0.717, 1.165) is 12.8 Å². The van der Waals surface area contributed by atoms with Crippen molar-refractivity contribution in [3.63, 3.8) is 0 Å². The monoisotopic (exact) mass is 241 g/mol. The van der Waals surface area contributed by atoms with Gasteiger partial charge >= 0.3 is 6.09 Å². The molecule has 0 N–H and O–H groups in total. The molecule has 0 unspecified atom stereocenters. The summed E-state index contributed by atoms with van der Waals surface area (Å²) < 4.78 is 10.7. The molecule has 0 aromatic rings. The van der Waals surface area contributed by atoms with E-state index in [9.17, 15) is 9.59 Å². The fraction of sp³-hybridized carbons (Fsp3) is 0.833. The molecule has 2 aliphatic rings. The molecule has 1 spiro atoms. The van der Waals surface area contributed by atoms with Crippen LogP contribution in [0.25, 0.3) is 0 Å². The van der Waals surface area contributed by atoms with E-state index in [2.05, 4.69) is 0 Å². The minimum absolute atomic E-state index is 0.176. The second-order valence-corrected chi connectivity index (χ2v) is 4.77. The van der Waals surface area contributed by atoms with Gasteiger partial charge in [0.2, 0.25) is 0 Å². The summed E-state index contributed by atoms with van der Waals surface area (Å²) >= 11 is 0. The van der Waals surface area contributed by atoms with Crippen LogP contribution in [-0.2, 0) is 14.3 Å². The van der Waals surface area contributed by atoms with Crippen LogP contribution < -0.4 is 0 Å². The molecule has 17 heavy (non-hydrogen) atoms. The normalized spacial score (nSPS) is 27.5. The molecule has 0 aromatic carbocycles. The van der Waals surface area contributed by atoms with Gasteiger partial charge in [-0.2, -0.15) is 0 Å². The number of piperidine rings is 1. The van der Waals surface area contributed by atoms with Gasteiger partial charge in [0, 0.05) is 19.5 Å². The molecule has 2 heterocycles. The lowest BCUT2D eigenvalue weighted by Gasteiger charge is -2.37. The Morgan fingerprint density at radius 2 is 2.18 bits per heavy atom. The van der Waals surface area contributed by atoms with E-state index in [0.29, 0.717) is 26.1 Å². The number of hydrogen-bond donors (Lipinski definition) is 0. The first-order valence-electron chi connectivity index (χ1n) is 6.18. The van der Waals surface area contributed by atoms with Gasteiger partial charge in [0.05, 0.1) is 12.2 Å². The second kappa shape index (κ2) is 4.64. The largest absolute Gasteiger partial charge is 0.450 e. The summed E-state index contributed by atoms with van der Waals surface area (Å²) in [5, 5.41) is 0. The highest BCUT2D eigenvalue weighted by Crippen LogP contribution is 2.37. The molecule has 2 fully saturated rings. The van der Waals surface area contributed by atoms with Crippen molar-refractivity contribution in [2.45, 2.75) is 44.8 Å². The van der Waals surface area contributed by atoms with Crippen molar-refractivity contribution >= 4 is 11.9 Å². The van der Waals surface area contributed by atoms with E-state index >= 15 is 0 Å². The minimum atomic E-state index is -0.320. The number of ether oxygens (including phenoxy) is 2. The zero-order valence-electron chi connectivity index (χ0n) is 10.4. The molecule has 5 heteroatoms. The Kier molecular flexibility index (Phi) is 3.38. The van der Waals surface area contributed by atoms with Crippen molar-refractivity contribution in [1.29, 1.82) is 0 Å². The SMILES string of the molecule is CCOC(=O)N1CCC2(CC1)CC(=O)[C@@H](C)O2. The number of amides is 1. The van der Waals surface area contributed by atoms with Crippen molar-refractivity contribution in [2.24, 2.45) is 0 Å². The van der Waals surface area contributed by atoms with E-state index in [1.807, 2.05) is 0 Å². The Morgan fingerprint density at radius 1 is 1.53 bits per heavy atom. The third-order valence-electron chi connectivity index (χ3n) is 3.58. The highest BCUT2D eigenvalue weighted by Gasteiger charge is 2.46. The summed E-state index contributed by atoms with van der Waals surface area (Å²) in [6, 6.07) is 0. The quantitative estimate of drug-likeness (QED) is 0.695. The van der Waals surface area contributed by atoms with Crippen molar-refractivity contribution in [2.75, 3.05) is 19.7 Å². The lowest BCUT2D eigenvalue weighted by atomic mass is 9.88. The molecule has 1 amide bonds. The maximum Gasteiger partial charge on any atom is 0.409 e. The first-order valence-corrected chi connectivity index (χ1v) is 6.18. The van der Waals surface area contributed by atoms with Crippen LogP contribution in [0.5, 0.6) is 0 Å². The molecule has 96 valence electrons. The van der Waals surface area contributed by atoms with Crippen LogP contribution >= 0.6 is 0 Å². The van der Waals surface area contributed by atoms with Gasteiger partial charge in [-0.3, -0.25) is 4.79 Å². The number of nitrogens with zero attached hydrogens (tertiary/aromatic N) is 1. The van der Waals surface area contributed by atoms with Crippen LogP contribution in [0.15, 0.2) is 0 Å². The Bertz CT molecular complexity index is 320. The summed E-state index contributed by atoms with van der Waals surface area (Å²) in [5.41, 5.74) is -0.320. The Morgan fingerprint density at radius 3 is 2.65 bits per heavy atom. The lowest BCUT2D eigenvalue weighted by Crippen LogP contribution is -2.46. The summed E-state index contributed by atoms with van der Waals surface area (Å²) in [6.45, 7) is 5.21. The van der Waals surface area contributed by atoms with Gasteiger partial charge in [-0.1, -0.05) is 0 Å². The van der Waals surface area contributed by atoms with Crippen molar-refractivity contribution < 1.29 is 19.1 Å². The molecular formula is C12H19NO4. The smallest absolute Gasteiger partial charge is 0.409 e. The second-order valence-electron chi connectivity index (χ2n) is 4.77. The highest BCUT2D eigenvalue weighted by atomic mass is 16.6. The van der Waals surface area contributed by atoms with Crippen LogP contribution in [0.1, 0.15) is 33.1 Å². The number of carbonyl (C=O) groups is 2. The van der Waals surface area contributed by atoms with Crippen LogP contribution in [0.2, 0.25) is 0 Å². The zero-order chi connectivity index (χ0) is 12.5. The Balaban J connectivity index is 1.90. The van der Waals surface area contributed by atoms with E-state index in [1.165, 1.54) is 0 Å². The predicted molar refractivity (Wildman–Crippen MR) is 60.7 cm³/mol. The number of Topliss-reactive ketones (excluding diaryl/α,β-unsaturated/α-hetero) is 1. The fourth-order valence-corrected chi connectivity index (χ4v) is 2.55. The number of ketones is 1. The van der Waals surface area contributed by atoms with Crippen LogP contribution in [0.4, 0.5) is 4.79 Å². The fourth-order valence-electron chi connectivity index (χ4n) is 2.55. The number of likely N-dealkylation sites (tertiary alicyclic amines) is 1.